The quantitative estimate of drug-likeness (QED) is 0.623. The highest BCUT2D eigenvalue weighted by Gasteiger charge is 2.45. The van der Waals surface area contributed by atoms with Gasteiger partial charge in [-0.05, 0) is 87.2 Å². The van der Waals surface area contributed by atoms with Crippen LogP contribution in [0.1, 0.15) is 98.5 Å². The van der Waals surface area contributed by atoms with Gasteiger partial charge in [0.25, 0.3) is 5.91 Å². The van der Waals surface area contributed by atoms with Gasteiger partial charge in [0.05, 0.1) is 6.54 Å². The zero-order chi connectivity index (χ0) is 24.2. The molecule has 2 heterocycles. The summed E-state index contributed by atoms with van der Waals surface area (Å²) in [5.74, 6) is -0.989. The third-order valence-corrected chi connectivity index (χ3v) is 9.57. The van der Waals surface area contributed by atoms with Gasteiger partial charge in [-0.1, -0.05) is 18.9 Å². The summed E-state index contributed by atoms with van der Waals surface area (Å²) in [6.45, 7) is 0.0935. The van der Waals surface area contributed by atoms with Gasteiger partial charge in [-0.3, -0.25) is 19.7 Å². The number of rotatable bonds is 5. The number of hydrogen-bond acceptors (Lipinski definition) is 4. The Morgan fingerprint density at radius 2 is 1.77 bits per heavy atom. The van der Waals surface area contributed by atoms with Crippen LogP contribution < -0.4 is 10.6 Å². The molecule has 0 aromatic heterocycles. The number of nitrogens with one attached hydrogen (secondary N) is 2. The third-order valence-electron chi connectivity index (χ3n) is 9.57. The third kappa shape index (κ3) is 4.41. The molecule has 6 nitrogen and oxygen atoms in total. The minimum atomic E-state index is -0.715. The summed E-state index contributed by atoms with van der Waals surface area (Å²) in [4.78, 5) is 38.2. The molecule has 35 heavy (non-hydrogen) atoms. The summed E-state index contributed by atoms with van der Waals surface area (Å²) in [7, 11) is 0. The fourth-order valence-corrected chi connectivity index (χ4v) is 7.14. The first-order valence-electron chi connectivity index (χ1n) is 13.6. The molecule has 3 saturated carbocycles. The maximum Gasteiger partial charge on any atom is 0.255 e. The number of piperidine rings is 1. The van der Waals surface area contributed by atoms with E-state index < -0.39 is 11.9 Å². The molecule has 1 aromatic rings. The largest absolute Gasteiger partial charge is 0.322 e. The average Bonchev–Trinajstić information content (AvgIpc) is 3.52. The van der Waals surface area contributed by atoms with Crippen LogP contribution >= 0.6 is 0 Å². The number of nitrogens with zero attached hydrogens (tertiary/aromatic N) is 1. The lowest BCUT2D eigenvalue weighted by Crippen LogP contribution is -2.52. The van der Waals surface area contributed by atoms with E-state index in [0.29, 0.717) is 46.5 Å². The minimum absolute atomic E-state index is 0.0935. The number of benzene rings is 1. The molecular formula is C28H36FN3O3. The minimum Gasteiger partial charge on any atom is -0.322 e. The maximum atomic E-state index is 15.7. The Bertz CT molecular complexity index is 1040. The van der Waals surface area contributed by atoms with Crippen molar-refractivity contribution in [3.05, 3.63) is 34.6 Å². The van der Waals surface area contributed by atoms with E-state index in [2.05, 4.69) is 10.6 Å². The van der Waals surface area contributed by atoms with Crippen molar-refractivity contribution in [2.75, 3.05) is 0 Å². The molecule has 1 spiro atoms. The first-order chi connectivity index (χ1) is 16.9. The molecule has 2 N–H and O–H groups in total. The van der Waals surface area contributed by atoms with Gasteiger partial charge in [0.2, 0.25) is 11.8 Å². The number of amides is 3. The van der Waals surface area contributed by atoms with E-state index >= 15 is 4.39 Å². The lowest BCUT2D eigenvalue weighted by molar-refractivity contribution is -0.136. The Labute approximate surface area is 206 Å². The summed E-state index contributed by atoms with van der Waals surface area (Å²) >= 11 is 0. The normalized spacial score (nSPS) is 30.5. The number of halogens is 1. The Hall–Kier alpha value is -2.28. The molecule has 6 rings (SSSR count). The molecule has 5 aliphatic rings. The molecule has 1 aromatic carbocycles. The second kappa shape index (κ2) is 8.99. The smallest absolute Gasteiger partial charge is 0.255 e. The van der Waals surface area contributed by atoms with Gasteiger partial charge in [0, 0.05) is 29.6 Å². The molecule has 3 aliphatic carbocycles. The van der Waals surface area contributed by atoms with Crippen molar-refractivity contribution in [3.8, 4) is 0 Å². The maximum absolute atomic E-state index is 15.7. The van der Waals surface area contributed by atoms with Crippen LogP contribution in [-0.2, 0) is 22.6 Å². The average molecular weight is 482 g/mol. The van der Waals surface area contributed by atoms with E-state index in [4.69, 9.17) is 0 Å². The van der Waals surface area contributed by atoms with E-state index in [1.807, 2.05) is 0 Å². The second-order valence-corrected chi connectivity index (χ2v) is 11.8. The van der Waals surface area contributed by atoms with Crippen LogP contribution in [0, 0.1) is 17.2 Å². The van der Waals surface area contributed by atoms with Crippen LogP contribution in [0.15, 0.2) is 12.1 Å². The standard InChI is InChI=1S/C28H36FN3O3/c29-25-18(5-6-20-21(25)16-32(27(20)35)23-7-8-24(33)31-26(23)34)15-17-3-1-2-4-22(17)30-19-9-11-28(12-10-19)13-14-28/h5-6,17,19,22-23,30H,1-4,7-16H2,(H,31,33,34)/t17-,22+,23?/m1/s1. The van der Waals surface area contributed by atoms with Gasteiger partial charge in [-0.2, -0.15) is 0 Å². The van der Waals surface area contributed by atoms with Crippen LogP contribution in [0.5, 0.6) is 0 Å². The van der Waals surface area contributed by atoms with E-state index in [1.54, 1.807) is 12.1 Å². The van der Waals surface area contributed by atoms with Crippen molar-refractivity contribution in [3.63, 3.8) is 0 Å². The molecular weight excluding hydrogens is 445 g/mol. The molecule has 0 radical (unpaired) electrons. The first-order valence-corrected chi connectivity index (χ1v) is 13.6. The second-order valence-electron chi connectivity index (χ2n) is 11.8. The highest BCUT2D eigenvalue weighted by Crippen LogP contribution is 2.56. The zero-order valence-electron chi connectivity index (χ0n) is 20.4. The molecule has 2 aliphatic heterocycles. The molecule has 3 atom stereocenters. The van der Waals surface area contributed by atoms with Crippen LogP contribution in [-0.4, -0.2) is 40.7 Å². The summed E-state index contributed by atoms with van der Waals surface area (Å²) < 4.78 is 15.7. The summed E-state index contributed by atoms with van der Waals surface area (Å²) in [5, 5.41) is 6.28. The summed E-state index contributed by atoms with van der Waals surface area (Å²) in [6, 6.07) is 3.83. The predicted molar refractivity (Wildman–Crippen MR) is 129 cm³/mol. The van der Waals surface area contributed by atoms with Gasteiger partial charge in [0.1, 0.15) is 11.9 Å². The van der Waals surface area contributed by atoms with Crippen LogP contribution in [0.2, 0.25) is 0 Å². The molecule has 4 fully saturated rings. The van der Waals surface area contributed by atoms with Crippen LogP contribution in [0.4, 0.5) is 4.39 Å². The van der Waals surface area contributed by atoms with E-state index in [1.165, 1.54) is 56.3 Å². The zero-order valence-corrected chi connectivity index (χ0v) is 20.4. The van der Waals surface area contributed by atoms with E-state index in [0.717, 1.165) is 12.8 Å². The molecule has 188 valence electrons. The number of hydrogen-bond donors (Lipinski definition) is 2. The fourth-order valence-electron chi connectivity index (χ4n) is 7.14. The van der Waals surface area contributed by atoms with Crippen molar-refractivity contribution in [2.45, 2.75) is 108 Å². The molecule has 7 heteroatoms. The molecule has 0 bridgehead atoms. The number of imide groups is 1. The summed E-state index contributed by atoms with van der Waals surface area (Å²) in [6.07, 6.45) is 13.9. The molecule has 3 amide bonds. The summed E-state index contributed by atoms with van der Waals surface area (Å²) in [5.41, 5.74) is 2.13. The first kappa shape index (κ1) is 23.1. The number of fused-ring (bicyclic) bond motifs is 1. The van der Waals surface area contributed by atoms with Crippen molar-refractivity contribution in [1.29, 1.82) is 0 Å². The number of carbonyl (C=O) groups is 3. The topological polar surface area (TPSA) is 78.5 Å². The monoisotopic (exact) mass is 481 g/mol. The highest BCUT2D eigenvalue weighted by atomic mass is 19.1. The Balaban J connectivity index is 1.14. The fraction of sp³-hybridized carbons (Fsp3) is 0.679. The van der Waals surface area contributed by atoms with Crippen LogP contribution in [0.3, 0.4) is 0 Å². The molecule has 1 saturated heterocycles. The number of carbonyl (C=O) groups excluding carboxylic acids is 3. The van der Waals surface area contributed by atoms with E-state index in [9.17, 15) is 14.4 Å². The van der Waals surface area contributed by atoms with Crippen molar-refractivity contribution in [2.24, 2.45) is 11.3 Å². The van der Waals surface area contributed by atoms with E-state index in [-0.39, 0.29) is 37.0 Å². The SMILES string of the molecule is O=C1CCC(N2Cc3c(ccc(C[C@H]4CCCC[C@@H]4NC4CCC5(CC4)CC5)c3F)C2=O)C(=O)N1. The lowest BCUT2D eigenvalue weighted by Gasteiger charge is -2.38. The Kier molecular flexibility index (Phi) is 5.94. The van der Waals surface area contributed by atoms with Crippen molar-refractivity contribution in [1.82, 2.24) is 15.5 Å². The molecule has 1 unspecified atom stereocenters. The van der Waals surface area contributed by atoms with Gasteiger partial charge < -0.3 is 10.2 Å². The Morgan fingerprint density at radius 3 is 2.51 bits per heavy atom. The van der Waals surface area contributed by atoms with Crippen LogP contribution in [0.25, 0.3) is 0 Å². The lowest BCUT2D eigenvalue weighted by atomic mass is 9.78. The van der Waals surface area contributed by atoms with Gasteiger partial charge in [0.15, 0.2) is 0 Å². The van der Waals surface area contributed by atoms with Crippen molar-refractivity contribution < 1.29 is 18.8 Å². The van der Waals surface area contributed by atoms with Crippen molar-refractivity contribution >= 4 is 17.7 Å². The Morgan fingerprint density at radius 1 is 1.00 bits per heavy atom. The van der Waals surface area contributed by atoms with Gasteiger partial charge in [-0.25, -0.2) is 4.39 Å². The van der Waals surface area contributed by atoms with Gasteiger partial charge >= 0.3 is 0 Å². The highest BCUT2D eigenvalue weighted by molar-refractivity contribution is 6.05. The van der Waals surface area contributed by atoms with Gasteiger partial charge in [-0.15, -0.1) is 0 Å². The predicted octanol–water partition coefficient (Wildman–Crippen LogP) is 4.00.